The largest absolute Gasteiger partial charge is 0.341 e. The minimum absolute atomic E-state index is 0.00301. The van der Waals surface area contributed by atoms with E-state index in [1.54, 1.807) is 22.0 Å². The summed E-state index contributed by atoms with van der Waals surface area (Å²) in [6.07, 6.45) is 3.72. The Labute approximate surface area is 90.5 Å². The molecule has 1 aliphatic heterocycles. The summed E-state index contributed by atoms with van der Waals surface area (Å²) in [7, 11) is 0. The summed E-state index contributed by atoms with van der Waals surface area (Å²) in [6.45, 7) is 6.34. The molecule has 1 heterocycles. The number of hydrogen-bond donors (Lipinski definition) is 0. The lowest BCUT2D eigenvalue weighted by atomic mass is 10.3. The van der Waals surface area contributed by atoms with E-state index in [1.165, 1.54) is 0 Å². The predicted octanol–water partition coefficient (Wildman–Crippen LogP) is 0.643. The van der Waals surface area contributed by atoms with Crippen molar-refractivity contribution in [2.75, 3.05) is 26.2 Å². The van der Waals surface area contributed by atoms with Crippen LogP contribution in [0, 0.1) is 0 Å². The van der Waals surface area contributed by atoms with Gasteiger partial charge in [-0.15, -0.1) is 0 Å². The molecule has 0 aromatic heterocycles. The number of amides is 2. The first-order chi connectivity index (χ1) is 7.19. The highest BCUT2D eigenvalue weighted by atomic mass is 16.2. The minimum Gasteiger partial charge on any atom is -0.341 e. The van der Waals surface area contributed by atoms with Crippen LogP contribution in [-0.2, 0) is 9.59 Å². The molecule has 0 atom stereocenters. The molecule has 1 saturated heterocycles. The number of likely N-dealkylation sites (N-methyl/N-ethyl adjacent to an activating group) is 1. The topological polar surface area (TPSA) is 40.6 Å². The molecule has 2 amide bonds. The number of hydrogen-bond acceptors (Lipinski definition) is 2. The van der Waals surface area contributed by atoms with Crippen LogP contribution < -0.4 is 0 Å². The average Bonchev–Trinajstić information content (AvgIpc) is 2.40. The van der Waals surface area contributed by atoms with E-state index in [1.807, 2.05) is 13.8 Å². The molecule has 15 heavy (non-hydrogen) atoms. The Balaban J connectivity index is 2.59. The summed E-state index contributed by atoms with van der Waals surface area (Å²) in [5, 5.41) is 0. The molecule has 0 radical (unpaired) electrons. The molecule has 4 nitrogen and oxygen atoms in total. The lowest BCUT2D eigenvalue weighted by molar-refractivity contribution is -0.130. The smallest absolute Gasteiger partial charge is 0.246 e. The van der Waals surface area contributed by atoms with Crippen molar-refractivity contribution < 1.29 is 9.59 Å². The molecule has 0 saturated carbocycles. The van der Waals surface area contributed by atoms with Gasteiger partial charge in [0.1, 0.15) is 0 Å². The van der Waals surface area contributed by atoms with Gasteiger partial charge in [-0.1, -0.05) is 6.08 Å². The highest BCUT2D eigenvalue weighted by molar-refractivity contribution is 5.88. The van der Waals surface area contributed by atoms with Gasteiger partial charge in [-0.05, 0) is 19.9 Å². The second-order valence-corrected chi connectivity index (χ2v) is 3.55. The maximum absolute atomic E-state index is 11.6. The zero-order valence-corrected chi connectivity index (χ0v) is 9.40. The number of rotatable bonds is 2. The number of allylic oxidation sites excluding steroid dienone is 1. The first-order valence-electron chi connectivity index (χ1n) is 5.38. The average molecular weight is 210 g/mol. The normalized spacial score (nSPS) is 18.4. The van der Waals surface area contributed by atoms with Crippen LogP contribution in [0.4, 0.5) is 0 Å². The summed E-state index contributed by atoms with van der Waals surface area (Å²) >= 11 is 0. The van der Waals surface area contributed by atoms with Crippen LogP contribution in [0.1, 0.15) is 20.3 Å². The molecule has 0 unspecified atom stereocenters. The van der Waals surface area contributed by atoms with Gasteiger partial charge in [0, 0.05) is 32.6 Å². The zero-order valence-electron chi connectivity index (χ0n) is 9.40. The van der Waals surface area contributed by atoms with Gasteiger partial charge in [-0.25, -0.2) is 0 Å². The van der Waals surface area contributed by atoms with Gasteiger partial charge in [-0.3, -0.25) is 9.59 Å². The third-order valence-electron chi connectivity index (χ3n) is 2.59. The molecule has 4 heteroatoms. The van der Waals surface area contributed by atoms with Crippen molar-refractivity contribution in [3.05, 3.63) is 12.2 Å². The van der Waals surface area contributed by atoms with Gasteiger partial charge >= 0.3 is 0 Å². The van der Waals surface area contributed by atoms with E-state index in [4.69, 9.17) is 0 Å². The van der Waals surface area contributed by atoms with Gasteiger partial charge < -0.3 is 9.80 Å². The standard InChI is InChI=1S/C11H18N2O2/c1-3-5-10(14)13-7-6-11(15)12(4-2)8-9-13/h3,5H,4,6-9H2,1-2H3/b5-3+. The molecular formula is C11H18N2O2. The highest BCUT2D eigenvalue weighted by Gasteiger charge is 2.21. The second-order valence-electron chi connectivity index (χ2n) is 3.55. The van der Waals surface area contributed by atoms with Crippen LogP contribution >= 0.6 is 0 Å². The molecule has 0 N–H and O–H groups in total. The van der Waals surface area contributed by atoms with Crippen molar-refractivity contribution in [3.63, 3.8) is 0 Å². The lowest BCUT2D eigenvalue weighted by Gasteiger charge is -2.19. The van der Waals surface area contributed by atoms with Crippen LogP contribution in [0.2, 0.25) is 0 Å². The van der Waals surface area contributed by atoms with E-state index < -0.39 is 0 Å². The van der Waals surface area contributed by atoms with Crippen molar-refractivity contribution in [2.24, 2.45) is 0 Å². The molecule has 1 aliphatic rings. The van der Waals surface area contributed by atoms with Crippen LogP contribution in [0.3, 0.4) is 0 Å². The van der Waals surface area contributed by atoms with Gasteiger partial charge in [0.05, 0.1) is 0 Å². The third-order valence-corrected chi connectivity index (χ3v) is 2.59. The van der Waals surface area contributed by atoms with E-state index >= 15 is 0 Å². The molecule has 84 valence electrons. The van der Waals surface area contributed by atoms with Crippen LogP contribution in [-0.4, -0.2) is 47.8 Å². The van der Waals surface area contributed by atoms with Crippen LogP contribution in [0.5, 0.6) is 0 Å². The van der Waals surface area contributed by atoms with Crippen molar-refractivity contribution in [3.8, 4) is 0 Å². The van der Waals surface area contributed by atoms with E-state index in [-0.39, 0.29) is 11.8 Å². The quantitative estimate of drug-likeness (QED) is 0.628. The Morgan fingerprint density at radius 3 is 2.73 bits per heavy atom. The van der Waals surface area contributed by atoms with Gasteiger partial charge in [0.2, 0.25) is 11.8 Å². The summed E-state index contributed by atoms with van der Waals surface area (Å²) < 4.78 is 0. The fourth-order valence-electron chi connectivity index (χ4n) is 1.67. The molecule has 1 rings (SSSR count). The number of nitrogens with zero attached hydrogens (tertiary/aromatic N) is 2. The fourth-order valence-corrected chi connectivity index (χ4v) is 1.67. The molecule has 0 bridgehead atoms. The van der Waals surface area contributed by atoms with Crippen molar-refractivity contribution >= 4 is 11.8 Å². The SMILES string of the molecule is C/C=C/C(=O)N1CCC(=O)N(CC)CC1. The Morgan fingerprint density at radius 2 is 2.13 bits per heavy atom. The number of carbonyl (C=O) groups is 2. The monoisotopic (exact) mass is 210 g/mol. The van der Waals surface area contributed by atoms with Gasteiger partial charge in [0.15, 0.2) is 0 Å². The third kappa shape index (κ3) is 3.08. The van der Waals surface area contributed by atoms with Crippen molar-refractivity contribution in [1.29, 1.82) is 0 Å². The summed E-state index contributed by atoms with van der Waals surface area (Å²) in [5.41, 5.74) is 0. The Morgan fingerprint density at radius 1 is 1.40 bits per heavy atom. The lowest BCUT2D eigenvalue weighted by Crippen LogP contribution is -2.34. The van der Waals surface area contributed by atoms with E-state index in [0.717, 1.165) is 6.54 Å². The second kappa shape index (κ2) is 5.53. The first-order valence-corrected chi connectivity index (χ1v) is 5.38. The van der Waals surface area contributed by atoms with E-state index in [9.17, 15) is 9.59 Å². The van der Waals surface area contributed by atoms with Crippen molar-refractivity contribution in [2.45, 2.75) is 20.3 Å². The first kappa shape index (κ1) is 11.8. The fraction of sp³-hybridized carbons (Fsp3) is 0.636. The Kier molecular flexibility index (Phi) is 4.34. The predicted molar refractivity (Wildman–Crippen MR) is 58.3 cm³/mol. The highest BCUT2D eigenvalue weighted by Crippen LogP contribution is 2.05. The molecule has 0 spiro atoms. The molecular weight excluding hydrogens is 192 g/mol. The molecule has 0 aromatic carbocycles. The summed E-state index contributed by atoms with van der Waals surface area (Å²) in [6, 6.07) is 0. The van der Waals surface area contributed by atoms with E-state index in [2.05, 4.69) is 0 Å². The number of carbonyl (C=O) groups excluding carboxylic acids is 2. The zero-order chi connectivity index (χ0) is 11.3. The summed E-state index contributed by atoms with van der Waals surface area (Å²) in [5.74, 6) is 0.150. The summed E-state index contributed by atoms with van der Waals surface area (Å²) in [4.78, 5) is 26.6. The molecule has 0 aromatic rings. The molecule has 0 aliphatic carbocycles. The maximum Gasteiger partial charge on any atom is 0.246 e. The maximum atomic E-state index is 11.6. The van der Waals surface area contributed by atoms with Gasteiger partial charge in [-0.2, -0.15) is 0 Å². The van der Waals surface area contributed by atoms with Crippen LogP contribution in [0.15, 0.2) is 12.2 Å². The minimum atomic E-state index is 0.00301. The van der Waals surface area contributed by atoms with Crippen LogP contribution in [0.25, 0.3) is 0 Å². The Hall–Kier alpha value is -1.32. The van der Waals surface area contributed by atoms with Crippen molar-refractivity contribution in [1.82, 2.24) is 9.80 Å². The molecule has 1 fully saturated rings. The Bertz CT molecular complexity index is 274. The van der Waals surface area contributed by atoms with Gasteiger partial charge in [0.25, 0.3) is 0 Å². The van der Waals surface area contributed by atoms with E-state index in [0.29, 0.717) is 26.1 Å².